The molecule has 0 aromatic heterocycles. The lowest BCUT2D eigenvalue weighted by Gasteiger charge is -2.10. The Labute approximate surface area is 121 Å². The SMILES string of the molecule is C=C/C=C(\C=C/C)[C@H](C)/N=C(\C)c1ccc(C)c(F)c1. The largest absolute Gasteiger partial charge is 0.282 e. The molecule has 0 N–H and O–H groups in total. The minimum Gasteiger partial charge on any atom is -0.282 e. The Morgan fingerprint density at radius 2 is 2.10 bits per heavy atom. The number of nitrogens with zero attached hydrogens (tertiary/aromatic N) is 1. The lowest BCUT2D eigenvalue weighted by atomic mass is 10.1. The van der Waals surface area contributed by atoms with E-state index in [9.17, 15) is 4.39 Å². The van der Waals surface area contributed by atoms with Gasteiger partial charge in [0, 0.05) is 5.71 Å². The first-order valence-corrected chi connectivity index (χ1v) is 6.75. The third kappa shape index (κ3) is 4.30. The number of allylic oxidation sites excluding steroid dienone is 3. The molecule has 106 valence electrons. The van der Waals surface area contributed by atoms with E-state index in [-0.39, 0.29) is 11.9 Å². The van der Waals surface area contributed by atoms with Gasteiger partial charge in [-0.05, 0) is 50.5 Å². The molecule has 0 saturated heterocycles. The van der Waals surface area contributed by atoms with Crippen LogP contribution >= 0.6 is 0 Å². The van der Waals surface area contributed by atoms with Gasteiger partial charge < -0.3 is 0 Å². The molecule has 0 bridgehead atoms. The first-order valence-electron chi connectivity index (χ1n) is 6.75. The van der Waals surface area contributed by atoms with Crippen molar-refractivity contribution >= 4 is 5.71 Å². The monoisotopic (exact) mass is 271 g/mol. The minimum atomic E-state index is -0.194. The van der Waals surface area contributed by atoms with Crippen LogP contribution in [0.15, 0.2) is 59.6 Å². The maximum Gasteiger partial charge on any atom is 0.126 e. The Bertz CT molecular complexity index is 565. The molecule has 0 fully saturated rings. The van der Waals surface area contributed by atoms with E-state index in [1.807, 2.05) is 45.1 Å². The van der Waals surface area contributed by atoms with Gasteiger partial charge in [-0.15, -0.1) is 0 Å². The number of halogens is 1. The van der Waals surface area contributed by atoms with Crippen molar-refractivity contribution in [2.24, 2.45) is 4.99 Å². The van der Waals surface area contributed by atoms with Crippen molar-refractivity contribution in [2.75, 3.05) is 0 Å². The summed E-state index contributed by atoms with van der Waals surface area (Å²) in [7, 11) is 0. The summed E-state index contributed by atoms with van der Waals surface area (Å²) >= 11 is 0. The van der Waals surface area contributed by atoms with Crippen LogP contribution in [0.3, 0.4) is 0 Å². The van der Waals surface area contributed by atoms with Crippen LogP contribution in [0.25, 0.3) is 0 Å². The van der Waals surface area contributed by atoms with Crippen LogP contribution in [0.4, 0.5) is 4.39 Å². The number of rotatable bonds is 5. The second kappa shape index (κ2) is 7.59. The van der Waals surface area contributed by atoms with Crippen molar-refractivity contribution in [1.82, 2.24) is 0 Å². The third-order valence-electron chi connectivity index (χ3n) is 3.13. The molecule has 0 saturated carbocycles. The summed E-state index contributed by atoms with van der Waals surface area (Å²) in [6.07, 6.45) is 7.68. The topological polar surface area (TPSA) is 12.4 Å². The number of aliphatic imine (C=N–C) groups is 1. The molecule has 1 atom stereocenters. The average molecular weight is 271 g/mol. The fourth-order valence-corrected chi connectivity index (χ4v) is 1.92. The molecule has 1 rings (SSSR count). The molecule has 2 heteroatoms. The van der Waals surface area contributed by atoms with Crippen molar-refractivity contribution in [3.05, 3.63) is 71.6 Å². The molecule has 0 spiro atoms. The Balaban J connectivity index is 3.05. The molecule has 0 aliphatic carbocycles. The van der Waals surface area contributed by atoms with Crippen LogP contribution in [0.2, 0.25) is 0 Å². The molecule has 0 aliphatic rings. The Hall–Kier alpha value is -1.96. The zero-order chi connectivity index (χ0) is 15.1. The van der Waals surface area contributed by atoms with E-state index in [1.165, 1.54) is 6.07 Å². The fourth-order valence-electron chi connectivity index (χ4n) is 1.92. The summed E-state index contributed by atoms with van der Waals surface area (Å²) in [4.78, 5) is 4.64. The summed E-state index contributed by atoms with van der Waals surface area (Å²) in [6.45, 7) is 11.4. The van der Waals surface area contributed by atoms with E-state index in [0.717, 1.165) is 16.8 Å². The molecule has 20 heavy (non-hydrogen) atoms. The summed E-state index contributed by atoms with van der Waals surface area (Å²) in [5.74, 6) is -0.194. The molecule has 1 aromatic rings. The number of hydrogen-bond acceptors (Lipinski definition) is 1. The fraction of sp³-hybridized carbons (Fsp3) is 0.278. The molecule has 1 nitrogen and oxygen atoms in total. The zero-order valence-electron chi connectivity index (χ0n) is 12.7. The van der Waals surface area contributed by atoms with Crippen molar-refractivity contribution in [3.8, 4) is 0 Å². The quantitative estimate of drug-likeness (QED) is 0.526. The lowest BCUT2D eigenvalue weighted by Crippen LogP contribution is -2.06. The van der Waals surface area contributed by atoms with Gasteiger partial charge >= 0.3 is 0 Å². The zero-order valence-corrected chi connectivity index (χ0v) is 12.7. The molecule has 0 aliphatic heterocycles. The predicted octanol–water partition coefficient (Wildman–Crippen LogP) is 5.02. The van der Waals surface area contributed by atoms with E-state index in [0.29, 0.717) is 5.56 Å². The maximum absolute atomic E-state index is 13.6. The molecular formula is C18H22FN. The molecule has 0 radical (unpaired) electrons. The molecule has 0 amide bonds. The Morgan fingerprint density at radius 1 is 1.40 bits per heavy atom. The minimum absolute atomic E-state index is 0.00793. The van der Waals surface area contributed by atoms with Crippen LogP contribution in [0, 0.1) is 12.7 Å². The summed E-state index contributed by atoms with van der Waals surface area (Å²) in [5.41, 5.74) is 3.37. The molecule has 0 unspecified atom stereocenters. The van der Waals surface area contributed by atoms with Crippen molar-refractivity contribution in [2.45, 2.75) is 33.7 Å². The van der Waals surface area contributed by atoms with Gasteiger partial charge in [-0.1, -0.05) is 43.0 Å². The Morgan fingerprint density at radius 3 is 2.65 bits per heavy atom. The van der Waals surface area contributed by atoms with E-state index in [2.05, 4.69) is 11.6 Å². The van der Waals surface area contributed by atoms with Gasteiger partial charge in [-0.25, -0.2) is 4.39 Å². The molecule has 0 heterocycles. The third-order valence-corrected chi connectivity index (χ3v) is 3.13. The van der Waals surface area contributed by atoms with Gasteiger partial charge in [0.2, 0.25) is 0 Å². The predicted molar refractivity (Wildman–Crippen MR) is 85.9 cm³/mol. The Kier molecular flexibility index (Phi) is 6.10. The standard InChI is InChI=1S/C18H22FN/c1-6-8-16(9-7-2)14(4)20-15(5)17-11-10-13(3)18(19)12-17/h6-12,14H,1H2,2-5H3/b9-7-,16-8+,20-15+/t14-/m0/s1. The highest BCUT2D eigenvalue weighted by atomic mass is 19.1. The number of benzene rings is 1. The summed E-state index contributed by atoms with van der Waals surface area (Å²) in [5, 5.41) is 0. The number of aryl methyl sites for hydroxylation is 1. The van der Waals surface area contributed by atoms with Crippen LogP contribution in [0.5, 0.6) is 0 Å². The first kappa shape index (κ1) is 16.1. The van der Waals surface area contributed by atoms with E-state index < -0.39 is 0 Å². The summed E-state index contributed by atoms with van der Waals surface area (Å²) in [6, 6.07) is 5.22. The van der Waals surface area contributed by atoms with Gasteiger partial charge in [0.25, 0.3) is 0 Å². The second-order valence-electron chi connectivity index (χ2n) is 4.76. The lowest BCUT2D eigenvalue weighted by molar-refractivity contribution is 0.618. The normalized spacial score (nSPS) is 14.7. The van der Waals surface area contributed by atoms with Crippen molar-refractivity contribution < 1.29 is 4.39 Å². The van der Waals surface area contributed by atoms with Crippen LogP contribution in [-0.4, -0.2) is 11.8 Å². The molecule has 1 aromatic carbocycles. The summed E-state index contributed by atoms with van der Waals surface area (Å²) < 4.78 is 13.6. The van der Waals surface area contributed by atoms with Gasteiger partial charge in [-0.2, -0.15) is 0 Å². The average Bonchev–Trinajstić information content (AvgIpc) is 2.41. The van der Waals surface area contributed by atoms with E-state index in [4.69, 9.17) is 0 Å². The highest BCUT2D eigenvalue weighted by Gasteiger charge is 2.06. The van der Waals surface area contributed by atoms with Gasteiger partial charge in [-0.3, -0.25) is 4.99 Å². The highest BCUT2D eigenvalue weighted by molar-refractivity contribution is 5.99. The smallest absolute Gasteiger partial charge is 0.126 e. The van der Waals surface area contributed by atoms with Crippen LogP contribution in [-0.2, 0) is 0 Å². The van der Waals surface area contributed by atoms with Crippen LogP contribution < -0.4 is 0 Å². The van der Waals surface area contributed by atoms with Crippen molar-refractivity contribution in [1.29, 1.82) is 0 Å². The second-order valence-corrected chi connectivity index (χ2v) is 4.76. The van der Waals surface area contributed by atoms with Crippen LogP contribution in [0.1, 0.15) is 31.9 Å². The van der Waals surface area contributed by atoms with Gasteiger partial charge in [0.05, 0.1) is 6.04 Å². The molecular weight excluding hydrogens is 249 g/mol. The number of hydrogen-bond donors (Lipinski definition) is 0. The maximum atomic E-state index is 13.6. The van der Waals surface area contributed by atoms with Gasteiger partial charge in [0.15, 0.2) is 0 Å². The van der Waals surface area contributed by atoms with Crippen molar-refractivity contribution in [3.63, 3.8) is 0 Å². The van der Waals surface area contributed by atoms with Gasteiger partial charge in [0.1, 0.15) is 5.82 Å². The highest BCUT2D eigenvalue weighted by Crippen LogP contribution is 2.14. The van der Waals surface area contributed by atoms with E-state index >= 15 is 0 Å². The van der Waals surface area contributed by atoms with E-state index in [1.54, 1.807) is 19.1 Å². The first-order chi connectivity index (χ1) is 9.49.